The third-order valence-electron chi connectivity index (χ3n) is 9.38. The van der Waals surface area contributed by atoms with Gasteiger partial charge in [0.2, 0.25) is 5.91 Å². The topological polar surface area (TPSA) is 75.7 Å². The van der Waals surface area contributed by atoms with Crippen LogP contribution in [0.1, 0.15) is 62.9 Å². The number of anilines is 1. The summed E-state index contributed by atoms with van der Waals surface area (Å²) in [5, 5.41) is 3.11. The maximum atomic E-state index is 15.0. The number of nitrogens with one attached hydrogen (secondary N) is 1. The van der Waals surface area contributed by atoms with Crippen molar-refractivity contribution in [2.45, 2.75) is 37.8 Å². The van der Waals surface area contributed by atoms with Crippen LogP contribution < -0.4 is 10.1 Å². The van der Waals surface area contributed by atoms with E-state index in [-0.39, 0.29) is 17.5 Å². The number of fused-ring (bicyclic) bond motifs is 6. The van der Waals surface area contributed by atoms with E-state index in [4.69, 9.17) is 4.74 Å². The van der Waals surface area contributed by atoms with Gasteiger partial charge in [0.25, 0.3) is 0 Å². The van der Waals surface area contributed by atoms with Crippen molar-refractivity contribution < 1.29 is 19.1 Å². The molecule has 1 spiro atoms. The minimum Gasteiger partial charge on any atom is -0.497 e. The summed E-state index contributed by atoms with van der Waals surface area (Å²) in [5.41, 5.74) is 4.03. The Balaban J connectivity index is 1.47. The molecule has 44 heavy (non-hydrogen) atoms. The van der Waals surface area contributed by atoms with Gasteiger partial charge in [0.1, 0.15) is 17.2 Å². The monoisotopic (exact) mass is 582 g/mol. The summed E-state index contributed by atoms with van der Waals surface area (Å²) in [5.74, 6) is -0.600. The van der Waals surface area contributed by atoms with Crippen molar-refractivity contribution in [1.82, 2.24) is 4.90 Å². The summed E-state index contributed by atoms with van der Waals surface area (Å²) >= 11 is 0. The van der Waals surface area contributed by atoms with Crippen molar-refractivity contribution >= 4 is 29.2 Å². The first kappa shape index (κ1) is 27.8. The first-order chi connectivity index (χ1) is 21.3. The van der Waals surface area contributed by atoms with Crippen molar-refractivity contribution in [3.63, 3.8) is 0 Å². The summed E-state index contributed by atoms with van der Waals surface area (Å²) in [7, 11) is 1.58. The maximum absolute atomic E-state index is 15.0. The van der Waals surface area contributed by atoms with Crippen LogP contribution in [-0.4, -0.2) is 35.5 Å². The number of hydrogen-bond donors (Lipinski definition) is 1. The Morgan fingerprint density at radius 3 is 2.25 bits per heavy atom. The van der Waals surface area contributed by atoms with Gasteiger partial charge in [0, 0.05) is 23.0 Å². The van der Waals surface area contributed by atoms with Crippen molar-refractivity contribution in [1.29, 1.82) is 0 Å². The molecule has 6 heteroatoms. The number of rotatable bonds is 7. The Kier molecular flexibility index (Phi) is 6.73. The molecule has 220 valence electrons. The predicted molar refractivity (Wildman–Crippen MR) is 171 cm³/mol. The molecule has 0 aliphatic carbocycles. The smallest absolute Gasteiger partial charge is 0.238 e. The van der Waals surface area contributed by atoms with E-state index >= 15 is 0 Å². The van der Waals surface area contributed by atoms with Gasteiger partial charge in [0.15, 0.2) is 11.6 Å². The van der Waals surface area contributed by atoms with Crippen LogP contribution in [0.4, 0.5) is 5.69 Å². The van der Waals surface area contributed by atoms with Gasteiger partial charge in [-0.05, 0) is 71.0 Å². The molecule has 0 aromatic heterocycles. The molecule has 1 amide bonds. The van der Waals surface area contributed by atoms with E-state index < -0.39 is 23.4 Å². The Morgan fingerprint density at radius 1 is 0.864 bits per heavy atom. The Labute approximate surface area is 257 Å². The third kappa shape index (κ3) is 4.12. The molecule has 1 N–H and O–H groups in total. The Morgan fingerprint density at radius 2 is 1.52 bits per heavy atom. The molecule has 1 fully saturated rings. The van der Waals surface area contributed by atoms with Crippen LogP contribution in [0.25, 0.3) is 6.08 Å². The van der Waals surface area contributed by atoms with E-state index in [0.717, 1.165) is 28.7 Å². The lowest BCUT2D eigenvalue weighted by Gasteiger charge is -2.38. The number of ketones is 2. The fraction of sp³-hybridized carbons (Fsp3) is 0.237. The average Bonchev–Trinajstić information content (AvgIpc) is 3.52. The molecule has 4 aromatic carbocycles. The minimum atomic E-state index is -1.35. The van der Waals surface area contributed by atoms with Gasteiger partial charge >= 0.3 is 0 Å². The van der Waals surface area contributed by atoms with Crippen molar-refractivity contribution in [3.8, 4) is 5.75 Å². The second-order valence-corrected chi connectivity index (χ2v) is 12.3. The van der Waals surface area contributed by atoms with Crippen LogP contribution in [0.2, 0.25) is 0 Å². The lowest BCUT2D eigenvalue weighted by atomic mass is 9.62. The second-order valence-electron chi connectivity index (χ2n) is 12.3. The number of amides is 1. The van der Waals surface area contributed by atoms with Crippen LogP contribution >= 0.6 is 0 Å². The molecule has 4 atom stereocenters. The van der Waals surface area contributed by atoms with E-state index in [1.54, 1.807) is 31.4 Å². The van der Waals surface area contributed by atoms with E-state index in [1.165, 1.54) is 0 Å². The highest BCUT2D eigenvalue weighted by molar-refractivity contribution is 6.16. The van der Waals surface area contributed by atoms with Gasteiger partial charge < -0.3 is 15.0 Å². The molecule has 7 rings (SSSR count). The molecule has 1 saturated heterocycles. The number of carbonyl (C=O) groups is 3. The van der Waals surface area contributed by atoms with E-state index in [1.807, 2.05) is 90.0 Å². The second kappa shape index (κ2) is 10.6. The zero-order chi connectivity index (χ0) is 30.6. The van der Waals surface area contributed by atoms with Gasteiger partial charge in [-0.25, -0.2) is 0 Å². The van der Waals surface area contributed by atoms with Gasteiger partial charge in [-0.15, -0.1) is 0 Å². The molecule has 4 aromatic rings. The number of Topliss-reactive ketones (excluding diaryl/α,β-unsaturated/α-hetero) is 2. The molecular weight excluding hydrogens is 548 g/mol. The molecular formula is C38H34N2O4. The fourth-order valence-corrected chi connectivity index (χ4v) is 7.55. The van der Waals surface area contributed by atoms with Crippen LogP contribution in [0.15, 0.2) is 103 Å². The van der Waals surface area contributed by atoms with Crippen LogP contribution in [0.3, 0.4) is 0 Å². The van der Waals surface area contributed by atoms with E-state index in [9.17, 15) is 14.4 Å². The van der Waals surface area contributed by atoms with E-state index in [0.29, 0.717) is 28.5 Å². The number of carbonyl (C=O) groups excluding carboxylic acids is 3. The number of nitrogens with zero attached hydrogens (tertiary/aromatic N) is 1. The summed E-state index contributed by atoms with van der Waals surface area (Å²) < 4.78 is 5.34. The number of hydrogen-bond acceptors (Lipinski definition) is 5. The normalized spacial score (nSPS) is 22.9. The molecule has 0 radical (unpaired) electrons. The Hall–Kier alpha value is -4.97. The first-order valence-electron chi connectivity index (χ1n) is 15.1. The standard InChI is InChI=1S/C38H34N2O4/c1-23(2)22-24-12-14-26(15-13-24)34(41)32-33(35(42)27-16-18-28(44-3)19-17-27)40-21-20-25-8-4-5-9-29(25)36(40)38(32)30-10-6-7-11-31(30)39-37(38)43/h4-21,23,32-33,36H,22H2,1-3H3,(H,39,43)/t32-,33-,36+,38+/m0/s1. The molecule has 0 saturated carbocycles. The van der Waals surface area contributed by atoms with Gasteiger partial charge in [-0.1, -0.05) is 80.6 Å². The molecule has 0 bridgehead atoms. The largest absolute Gasteiger partial charge is 0.497 e. The number of para-hydroxylation sites is 1. The highest BCUT2D eigenvalue weighted by atomic mass is 16.5. The zero-order valence-corrected chi connectivity index (χ0v) is 25.0. The highest BCUT2D eigenvalue weighted by Gasteiger charge is 2.70. The van der Waals surface area contributed by atoms with E-state index in [2.05, 4.69) is 19.2 Å². The summed E-state index contributed by atoms with van der Waals surface area (Å²) in [4.78, 5) is 46.2. The zero-order valence-electron chi connectivity index (χ0n) is 25.0. The van der Waals surface area contributed by atoms with Crippen LogP contribution in [0.5, 0.6) is 5.75 Å². The van der Waals surface area contributed by atoms with Crippen molar-refractivity contribution in [3.05, 3.63) is 137 Å². The molecule has 0 unspecified atom stereocenters. The van der Waals surface area contributed by atoms with Crippen LogP contribution in [-0.2, 0) is 16.6 Å². The Bertz CT molecular complexity index is 1810. The van der Waals surface area contributed by atoms with Gasteiger partial charge in [0.05, 0.1) is 19.1 Å². The van der Waals surface area contributed by atoms with Crippen LogP contribution in [0, 0.1) is 11.8 Å². The van der Waals surface area contributed by atoms with Gasteiger partial charge in [-0.3, -0.25) is 14.4 Å². The lowest BCUT2D eigenvalue weighted by molar-refractivity contribution is -0.122. The number of benzene rings is 4. The molecule has 3 heterocycles. The lowest BCUT2D eigenvalue weighted by Crippen LogP contribution is -2.49. The molecule has 6 nitrogen and oxygen atoms in total. The fourth-order valence-electron chi connectivity index (χ4n) is 7.55. The third-order valence-corrected chi connectivity index (χ3v) is 9.38. The van der Waals surface area contributed by atoms with Gasteiger partial charge in [-0.2, -0.15) is 0 Å². The quantitative estimate of drug-likeness (QED) is 0.241. The average molecular weight is 583 g/mol. The summed E-state index contributed by atoms with van der Waals surface area (Å²) in [6, 6.07) is 28.6. The molecule has 3 aliphatic heterocycles. The predicted octanol–water partition coefficient (Wildman–Crippen LogP) is 6.88. The highest BCUT2D eigenvalue weighted by Crippen LogP contribution is 2.62. The summed E-state index contributed by atoms with van der Waals surface area (Å²) in [6.45, 7) is 4.32. The first-order valence-corrected chi connectivity index (χ1v) is 15.1. The van der Waals surface area contributed by atoms with Crippen molar-refractivity contribution in [2.75, 3.05) is 12.4 Å². The number of methoxy groups -OCH3 is 1. The SMILES string of the molecule is COc1ccc(C(=O)[C@@H]2[C@@H](C(=O)c3ccc(CC(C)C)cc3)[C@@]3(C(=O)Nc4ccccc43)[C@H]3c4ccccc4C=CN23)cc1. The maximum Gasteiger partial charge on any atom is 0.238 e. The summed E-state index contributed by atoms with van der Waals surface area (Å²) in [6.07, 6.45) is 4.77. The van der Waals surface area contributed by atoms with Crippen molar-refractivity contribution in [2.24, 2.45) is 11.8 Å². The number of ether oxygens (including phenoxy) is 1. The molecule has 3 aliphatic rings. The minimum absolute atomic E-state index is 0.217.